The van der Waals surface area contributed by atoms with Gasteiger partial charge in [-0.3, -0.25) is 9.36 Å². The van der Waals surface area contributed by atoms with Gasteiger partial charge >= 0.3 is 0 Å². The van der Waals surface area contributed by atoms with E-state index in [1.165, 1.54) is 0 Å². The van der Waals surface area contributed by atoms with Gasteiger partial charge in [0.25, 0.3) is 5.56 Å². The summed E-state index contributed by atoms with van der Waals surface area (Å²) in [6, 6.07) is 12.9. The van der Waals surface area contributed by atoms with Crippen LogP contribution in [0.15, 0.2) is 47.5 Å². The number of nitrogens with zero attached hydrogens (tertiary/aromatic N) is 5. The normalized spacial score (nSPS) is 14.8. The van der Waals surface area contributed by atoms with Crippen molar-refractivity contribution in [2.75, 3.05) is 25.1 Å². The molecular weight excluding hydrogens is 354 g/mol. The minimum absolute atomic E-state index is 0.0153. The van der Waals surface area contributed by atoms with E-state index in [2.05, 4.69) is 20.9 Å². The fraction of sp³-hybridized carbons (Fsp3) is 0.333. The minimum Gasteiger partial charge on any atom is -0.497 e. The summed E-state index contributed by atoms with van der Waals surface area (Å²) in [7, 11) is 1.60. The van der Waals surface area contributed by atoms with Gasteiger partial charge in [0, 0.05) is 25.7 Å². The smallest absolute Gasteiger partial charge is 0.261 e. The summed E-state index contributed by atoms with van der Waals surface area (Å²) in [6.45, 7) is 2.38. The number of fused-ring (bicyclic) bond motifs is 1. The molecule has 0 saturated carbocycles. The molecule has 7 nitrogen and oxygen atoms in total. The van der Waals surface area contributed by atoms with Crippen LogP contribution in [-0.2, 0) is 6.54 Å². The number of rotatable bonds is 4. The number of benzene rings is 1. The highest BCUT2D eigenvalue weighted by Crippen LogP contribution is 2.23. The molecular formula is C21H21N5O2. The van der Waals surface area contributed by atoms with Crippen LogP contribution < -0.4 is 15.2 Å². The maximum absolute atomic E-state index is 12.8. The molecule has 1 fully saturated rings. The molecule has 0 amide bonds. The molecule has 142 valence electrons. The van der Waals surface area contributed by atoms with Crippen molar-refractivity contribution in [3.05, 3.63) is 58.8 Å². The minimum atomic E-state index is -0.0153. The summed E-state index contributed by atoms with van der Waals surface area (Å²) < 4.78 is 6.91. The van der Waals surface area contributed by atoms with Crippen LogP contribution in [0.5, 0.6) is 5.75 Å². The number of hydrogen-bond donors (Lipinski definition) is 0. The Morgan fingerprint density at radius 1 is 1.25 bits per heavy atom. The van der Waals surface area contributed by atoms with Crippen molar-refractivity contribution >= 4 is 16.7 Å². The summed E-state index contributed by atoms with van der Waals surface area (Å²) in [5.74, 6) is 1.94. The van der Waals surface area contributed by atoms with Crippen molar-refractivity contribution in [2.24, 2.45) is 5.92 Å². The maximum atomic E-state index is 12.8. The number of hydrogen-bond acceptors (Lipinski definition) is 6. The first-order chi connectivity index (χ1) is 13.7. The summed E-state index contributed by atoms with van der Waals surface area (Å²) in [4.78, 5) is 23.8. The SMILES string of the molecule is COc1ccc2c(=O)n(CC3CCN(c4cccc(C#N)n4)CC3)cnc2c1. The Labute approximate surface area is 162 Å². The summed E-state index contributed by atoms with van der Waals surface area (Å²) >= 11 is 0. The predicted octanol–water partition coefficient (Wildman–Crippen LogP) is 2.59. The average molecular weight is 375 g/mol. The van der Waals surface area contributed by atoms with Crippen molar-refractivity contribution in [3.63, 3.8) is 0 Å². The third kappa shape index (κ3) is 3.54. The number of nitriles is 1. The van der Waals surface area contributed by atoms with Gasteiger partial charge in [-0.15, -0.1) is 0 Å². The zero-order valence-electron chi connectivity index (χ0n) is 15.7. The molecule has 0 unspecified atom stereocenters. The molecule has 1 aromatic carbocycles. The van der Waals surface area contributed by atoms with Crippen LogP contribution >= 0.6 is 0 Å². The van der Waals surface area contributed by atoms with Crippen LogP contribution in [0.2, 0.25) is 0 Å². The molecule has 4 rings (SSSR count). The van der Waals surface area contributed by atoms with Gasteiger partial charge in [0.2, 0.25) is 0 Å². The number of piperidine rings is 1. The van der Waals surface area contributed by atoms with E-state index < -0.39 is 0 Å². The Hall–Kier alpha value is -3.40. The van der Waals surface area contributed by atoms with Gasteiger partial charge in [-0.2, -0.15) is 5.26 Å². The molecule has 0 atom stereocenters. The largest absolute Gasteiger partial charge is 0.497 e. The zero-order valence-corrected chi connectivity index (χ0v) is 15.7. The molecule has 0 aliphatic carbocycles. The van der Waals surface area contributed by atoms with E-state index >= 15 is 0 Å². The Balaban J connectivity index is 1.45. The third-order valence-corrected chi connectivity index (χ3v) is 5.27. The van der Waals surface area contributed by atoms with Crippen molar-refractivity contribution in [1.82, 2.24) is 14.5 Å². The van der Waals surface area contributed by atoms with Gasteiger partial charge < -0.3 is 9.64 Å². The average Bonchev–Trinajstić information content (AvgIpc) is 2.76. The van der Waals surface area contributed by atoms with E-state index in [0.717, 1.165) is 31.7 Å². The molecule has 28 heavy (non-hydrogen) atoms. The lowest BCUT2D eigenvalue weighted by Crippen LogP contribution is -2.36. The zero-order chi connectivity index (χ0) is 19.5. The van der Waals surface area contributed by atoms with Gasteiger partial charge in [0.05, 0.1) is 24.3 Å². The van der Waals surface area contributed by atoms with Gasteiger partial charge in [-0.25, -0.2) is 9.97 Å². The van der Waals surface area contributed by atoms with Crippen LogP contribution in [0.3, 0.4) is 0 Å². The molecule has 0 radical (unpaired) electrons. The number of ether oxygens (including phenoxy) is 1. The first-order valence-electron chi connectivity index (χ1n) is 9.33. The van der Waals surface area contributed by atoms with E-state index in [0.29, 0.717) is 34.8 Å². The highest BCUT2D eigenvalue weighted by molar-refractivity contribution is 5.78. The van der Waals surface area contributed by atoms with Crippen molar-refractivity contribution in [2.45, 2.75) is 19.4 Å². The lowest BCUT2D eigenvalue weighted by Gasteiger charge is -2.33. The van der Waals surface area contributed by atoms with Gasteiger partial charge in [0.15, 0.2) is 0 Å². The standard InChI is InChI=1S/C21H21N5O2/c1-28-17-5-6-18-19(11-17)23-14-26(21(18)27)13-15-7-9-25(10-8-15)20-4-2-3-16(12-22)24-20/h2-6,11,14-15H,7-10,13H2,1H3. The molecule has 3 heterocycles. The number of methoxy groups -OCH3 is 1. The number of anilines is 1. The molecule has 7 heteroatoms. The quantitative estimate of drug-likeness (QED) is 0.697. The van der Waals surface area contributed by atoms with Crippen molar-refractivity contribution < 1.29 is 4.74 Å². The van der Waals surface area contributed by atoms with Crippen LogP contribution in [0.1, 0.15) is 18.5 Å². The van der Waals surface area contributed by atoms with Gasteiger partial charge in [-0.05, 0) is 43.0 Å². The topological polar surface area (TPSA) is 84.0 Å². The monoisotopic (exact) mass is 375 g/mol. The summed E-state index contributed by atoms with van der Waals surface area (Å²) in [5.41, 5.74) is 1.07. The van der Waals surface area contributed by atoms with Gasteiger partial charge in [0.1, 0.15) is 23.3 Å². The Morgan fingerprint density at radius 3 is 2.82 bits per heavy atom. The van der Waals surface area contributed by atoms with Crippen LogP contribution in [0.4, 0.5) is 5.82 Å². The summed E-state index contributed by atoms with van der Waals surface area (Å²) in [5, 5.41) is 9.63. The highest BCUT2D eigenvalue weighted by atomic mass is 16.5. The van der Waals surface area contributed by atoms with Crippen molar-refractivity contribution in [3.8, 4) is 11.8 Å². The molecule has 0 N–H and O–H groups in total. The van der Waals surface area contributed by atoms with Crippen LogP contribution in [0, 0.1) is 17.2 Å². The van der Waals surface area contributed by atoms with Gasteiger partial charge in [-0.1, -0.05) is 6.07 Å². The molecule has 0 bridgehead atoms. The molecule has 2 aromatic heterocycles. The number of pyridine rings is 1. The Bertz CT molecular complexity index is 1090. The van der Waals surface area contributed by atoms with E-state index in [4.69, 9.17) is 10.00 Å². The van der Waals surface area contributed by atoms with E-state index in [1.54, 1.807) is 42.3 Å². The maximum Gasteiger partial charge on any atom is 0.261 e. The van der Waals surface area contributed by atoms with E-state index in [1.807, 2.05) is 12.1 Å². The van der Waals surface area contributed by atoms with Crippen LogP contribution in [-0.4, -0.2) is 34.7 Å². The molecule has 3 aromatic rings. The second kappa shape index (κ2) is 7.69. The second-order valence-corrected chi connectivity index (χ2v) is 7.01. The Morgan fingerprint density at radius 2 is 2.07 bits per heavy atom. The highest BCUT2D eigenvalue weighted by Gasteiger charge is 2.21. The Kier molecular flexibility index (Phi) is 4.94. The molecule has 0 spiro atoms. The van der Waals surface area contributed by atoms with Crippen LogP contribution in [0.25, 0.3) is 10.9 Å². The first kappa shape index (κ1) is 18.0. The molecule has 1 saturated heterocycles. The van der Waals surface area contributed by atoms with Crippen molar-refractivity contribution in [1.29, 1.82) is 5.26 Å². The summed E-state index contributed by atoms with van der Waals surface area (Å²) in [6.07, 6.45) is 3.56. The van der Waals surface area contributed by atoms with E-state index in [-0.39, 0.29) is 5.56 Å². The van der Waals surface area contributed by atoms with E-state index in [9.17, 15) is 4.79 Å². The predicted molar refractivity (Wildman–Crippen MR) is 106 cm³/mol. The first-order valence-corrected chi connectivity index (χ1v) is 9.33. The molecule has 1 aliphatic rings. The fourth-order valence-corrected chi connectivity index (χ4v) is 3.68. The fourth-order valence-electron chi connectivity index (χ4n) is 3.68. The lowest BCUT2D eigenvalue weighted by atomic mass is 9.96. The molecule has 1 aliphatic heterocycles. The number of aromatic nitrogens is 3. The second-order valence-electron chi connectivity index (χ2n) is 7.01. The lowest BCUT2D eigenvalue weighted by molar-refractivity contribution is 0.351. The third-order valence-electron chi connectivity index (χ3n) is 5.27.